The van der Waals surface area contributed by atoms with Gasteiger partial charge in [0.05, 0.1) is 5.60 Å². The molecule has 0 spiro atoms. The molecule has 1 heterocycles. The van der Waals surface area contributed by atoms with Gasteiger partial charge < -0.3 is 5.11 Å². The van der Waals surface area contributed by atoms with Crippen molar-refractivity contribution in [3.63, 3.8) is 0 Å². The minimum Gasteiger partial charge on any atom is -0.390 e. The van der Waals surface area contributed by atoms with E-state index < -0.39 is 5.60 Å². The van der Waals surface area contributed by atoms with Gasteiger partial charge in [-0.3, -0.25) is 0 Å². The molecule has 0 bridgehead atoms. The Morgan fingerprint density at radius 3 is 2.69 bits per heavy atom. The van der Waals surface area contributed by atoms with Crippen LogP contribution in [-0.4, -0.2) is 10.7 Å². The van der Waals surface area contributed by atoms with Crippen molar-refractivity contribution in [2.24, 2.45) is 5.92 Å². The van der Waals surface area contributed by atoms with E-state index in [9.17, 15) is 5.11 Å². The summed E-state index contributed by atoms with van der Waals surface area (Å²) < 4.78 is 0. The van der Waals surface area contributed by atoms with Crippen molar-refractivity contribution >= 4 is 11.3 Å². The minimum absolute atomic E-state index is 0.325. The molecule has 1 atom stereocenters. The van der Waals surface area contributed by atoms with E-state index in [0.29, 0.717) is 5.92 Å². The predicted octanol–water partition coefficient (Wildman–Crippen LogP) is 3.09. The van der Waals surface area contributed by atoms with Crippen LogP contribution in [0.3, 0.4) is 0 Å². The Morgan fingerprint density at radius 1 is 1.54 bits per heavy atom. The molecule has 1 rings (SSSR count). The first kappa shape index (κ1) is 10.7. The van der Waals surface area contributed by atoms with Gasteiger partial charge in [0.1, 0.15) is 0 Å². The topological polar surface area (TPSA) is 20.2 Å². The van der Waals surface area contributed by atoms with E-state index in [1.807, 2.05) is 6.92 Å². The Bertz CT molecular complexity index is 237. The Labute approximate surface area is 84.4 Å². The van der Waals surface area contributed by atoms with Gasteiger partial charge in [0.15, 0.2) is 0 Å². The molecule has 0 aromatic carbocycles. The summed E-state index contributed by atoms with van der Waals surface area (Å²) in [6.45, 7) is 6.05. The molecule has 0 radical (unpaired) electrons. The van der Waals surface area contributed by atoms with Crippen molar-refractivity contribution in [3.8, 4) is 0 Å². The molecule has 0 saturated heterocycles. The first-order valence-corrected chi connectivity index (χ1v) is 5.70. The lowest BCUT2D eigenvalue weighted by Crippen LogP contribution is -2.31. The highest BCUT2D eigenvalue weighted by Gasteiger charge is 2.24. The third kappa shape index (κ3) is 3.12. The van der Waals surface area contributed by atoms with Crippen molar-refractivity contribution in [3.05, 3.63) is 22.4 Å². The van der Waals surface area contributed by atoms with Gasteiger partial charge in [-0.2, -0.15) is 11.3 Å². The zero-order valence-corrected chi connectivity index (χ0v) is 9.40. The molecule has 1 unspecified atom stereocenters. The van der Waals surface area contributed by atoms with E-state index in [2.05, 4.69) is 30.7 Å². The summed E-state index contributed by atoms with van der Waals surface area (Å²) in [6.07, 6.45) is 1.83. The van der Waals surface area contributed by atoms with E-state index in [1.165, 1.54) is 5.56 Å². The lowest BCUT2D eigenvalue weighted by atomic mass is 9.87. The van der Waals surface area contributed by atoms with Crippen LogP contribution in [0, 0.1) is 5.92 Å². The molecule has 0 fully saturated rings. The lowest BCUT2D eigenvalue weighted by molar-refractivity contribution is 0.00571. The normalized spacial score (nSPS) is 16.1. The third-order valence-electron chi connectivity index (χ3n) is 2.74. The Kier molecular flexibility index (Phi) is 3.51. The first-order valence-electron chi connectivity index (χ1n) is 4.76. The van der Waals surface area contributed by atoms with Crippen molar-refractivity contribution < 1.29 is 5.11 Å². The van der Waals surface area contributed by atoms with Gasteiger partial charge in [-0.05, 0) is 48.1 Å². The fourth-order valence-corrected chi connectivity index (χ4v) is 1.82. The van der Waals surface area contributed by atoms with Gasteiger partial charge in [0, 0.05) is 0 Å². The second kappa shape index (κ2) is 4.25. The lowest BCUT2D eigenvalue weighted by Gasteiger charge is -2.27. The van der Waals surface area contributed by atoms with Gasteiger partial charge in [0.25, 0.3) is 0 Å². The van der Waals surface area contributed by atoms with Gasteiger partial charge in [-0.25, -0.2) is 0 Å². The van der Waals surface area contributed by atoms with E-state index in [0.717, 1.165) is 12.8 Å². The molecular weight excluding hydrogens is 180 g/mol. The van der Waals surface area contributed by atoms with Crippen LogP contribution in [0.5, 0.6) is 0 Å². The van der Waals surface area contributed by atoms with E-state index in [1.54, 1.807) is 11.3 Å². The zero-order valence-electron chi connectivity index (χ0n) is 8.58. The number of hydrogen-bond acceptors (Lipinski definition) is 2. The quantitative estimate of drug-likeness (QED) is 0.788. The van der Waals surface area contributed by atoms with Crippen LogP contribution in [-0.2, 0) is 6.42 Å². The number of rotatable bonds is 4. The maximum atomic E-state index is 9.99. The van der Waals surface area contributed by atoms with Crippen LogP contribution in [0.1, 0.15) is 32.8 Å². The molecule has 0 aliphatic heterocycles. The van der Waals surface area contributed by atoms with Gasteiger partial charge in [-0.15, -0.1) is 0 Å². The molecule has 1 aromatic heterocycles. The highest BCUT2D eigenvalue weighted by Crippen LogP contribution is 2.22. The van der Waals surface area contributed by atoms with Crippen LogP contribution in [0.15, 0.2) is 16.8 Å². The predicted molar refractivity (Wildman–Crippen MR) is 58.1 cm³/mol. The molecule has 0 aliphatic rings. The van der Waals surface area contributed by atoms with Crippen molar-refractivity contribution in [1.82, 2.24) is 0 Å². The third-order valence-corrected chi connectivity index (χ3v) is 3.48. The van der Waals surface area contributed by atoms with Crippen molar-refractivity contribution in [1.29, 1.82) is 0 Å². The molecule has 2 heteroatoms. The summed E-state index contributed by atoms with van der Waals surface area (Å²) in [7, 11) is 0. The monoisotopic (exact) mass is 198 g/mol. The minimum atomic E-state index is -0.526. The Hall–Kier alpha value is -0.340. The smallest absolute Gasteiger partial charge is 0.0645 e. The molecule has 74 valence electrons. The molecule has 0 amide bonds. The maximum absolute atomic E-state index is 9.99. The van der Waals surface area contributed by atoms with E-state index in [-0.39, 0.29) is 0 Å². The van der Waals surface area contributed by atoms with Gasteiger partial charge in [-0.1, -0.05) is 13.8 Å². The van der Waals surface area contributed by atoms with E-state index >= 15 is 0 Å². The summed E-state index contributed by atoms with van der Waals surface area (Å²) in [5, 5.41) is 14.2. The summed E-state index contributed by atoms with van der Waals surface area (Å²) in [6, 6.07) is 2.13. The van der Waals surface area contributed by atoms with Crippen LogP contribution >= 0.6 is 11.3 Å². The summed E-state index contributed by atoms with van der Waals surface area (Å²) in [4.78, 5) is 0. The molecule has 1 N–H and O–H groups in total. The molecular formula is C11H18OS. The fourth-order valence-electron chi connectivity index (χ4n) is 1.12. The highest BCUT2D eigenvalue weighted by atomic mass is 32.1. The van der Waals surface area contributed by atoms with Gasteiger partial charge >= 0.3 is 0 Å². The van der Waals surface area contributed by atoms with Gasteiger partial charge in [0.2, 0.25) is 0 Å². The largest absolute Gasteiger partial charge is 0.390 e. The number of aryl methyl sites for hydroxylation is 1. The second-order valence-electron chi connectivity index (χ2n) is 4.14. The zero-order chi connectivity index (χ0) is 9.90. The highest BCUT2D eigenvalue weighted by molar-refractivity contribution is 7.07. The fraction of sp³-hybridized carbons (Fsp3) is 0.636. The molecule has 1 aromatic rings. The Morgan fingerprint density at radius 2 is 2.23 bits per heavy atom. The van der Waals surface area contributed by atoms with Crippen LogP contribution in [0.2, 0.25) is 0 Å². The van der Waals surface area contributed by atoms with Crippen LogP contribution in [0.4, 0.5) is 0 Å². The average molecular weight is 198 g/mol. The maximum Gasteiger partial charge on any atom is 0.0645 e. The van der Waals surface area contributed by atoms with Crippen molar-refractivity contribution in [2.45, 2.75) is 39.2 Å². The molecule has 13 heavy (non-hydrogen) atoms. The molecule has 1 nitrogen and oxygen atoms in total. The number of aliphatic hydroxyl groups is 1. The summed E-state index contributed by atoms with van der Waals surface area (Å²) in [5.74, 6) is 0.325. The first-order chi connectivity index (χ1) is 6.02. The molecule has 0 aliphatic carbocycles. The average Bonchev–Trinajstić information content (AvgIpc) is 2.52. The van der Waals surface area contributed by atoms with Crippen molar-refractivity contribution in [2.75, 3.05) is 0 Å². The van der Waals surface area contributed by atoms with E-state index in [4.69, 9.17) is 0 Å². The number of thiophene rings is 1. The standard InChI is InChI=1S/C11H18OS/c1-9(2)11(3,12)6-4-10-5-7-13-8-10/h5,7-9,12H,4,6H2,1-3H3. The van der Waals surface area contributed by atoms with Crippen LogP contribution < -0.4 is 0 Å². The van der Waals surface area contributed by atoms with Crippen LogP contribution in [0.25, 0.3) is 0 Å². The SMILES string of the molecule is CC(C)C(C)(O)CCc1ccsc1. The molecule has 0 saturated carbocycles. The second-order valence-corrected chi connectivity index (χ2v) is 4.92. The summed E-state index contributed by atoms with van der Waals surface area (Å²) >= 11 is 1.72. The Balaban J connectivity index is 2.42. The number of hydrogen-bond donors (Lipinski definition) is 1. The summed E-state index contributed by atoms with van der Waals surface area (Å²) in [5.41, 5.74) is 0.813.